The number of aromatic nitrogens is 2. The highest BCUT2D eigenvalue weighted by atomic mass is 16.4. The lowest BCUT2D eigenvalue weighted by molar-refractivity contribution is -0.138. The van der Waals surface area contributed by atoms with Gasteiger partial charge in [0.05, 0.1) is 11.0 Å². The van der Waals surface area contributed by atoms with Crippen molar-refractivity contribution >= 4 is 23.0 Å². The summed E-state index contributed by atoms with van der Waals surface area (Å²) in [6.45, 7) is 6.05. The van der Waals surface area contributed by atoms with Crippen LogP contribution in [0.15, 0.2) is 24.3 Å². The molecule has 1 aromatic carbocycles. The maximum atomic E-state index is 11.3. The topological polar surface area (TPSA) is 78.0 Å². The predicted molar refractivity (Wildman–Crippen MR) is 75.2 cm³/mol. The molecule has 0 spiro atoms. The van der Waals surface area contributed by atoms with Gasteiger partial charge < -0.3 is 15.4 Å². The molecule has 1 heterocycles. The van der Waals surface area contributed by atoms with Gasteiger partial charge in [0.25, 0.3) is 0 Å². The summed E-state index contributed by atoms with van der Waals surface area (Å²) in [5, 5.41) is 12.2. The number of para-hydroxylation sites is 2. The van der Waals surface area contributed by atoms with Gasteiger partial charge in [0.1, 0.15) is 6.04 Å². The van der Waals surface area contributed by atoms with E-state index in [2.05, 4.69) is 15.3 Å². The van der Waals surface area contributed by atoms with Gasteiger partial charge in [-0.1, -0.05) is 32.9 Å². The van der Waals surface area contributed by atoms with Crippen LogP contribution < -0.4 is 5.32 Å². The van der Waals surface area contributed by atoms with E-state index in [0.29, 0.717) is 12.4 Å². The van der Waals surface area contributed by atoms with Crippen molar-refractivity contribution in [3.63, 3.8) is 0 Å². The number of imidazole rings is 1. The number of nitrogens with one attached hydrogen (secondary N) is 2. The molecular formula is C14H19N3O2. The number of aromatic amines is 1. The molecule has 0 radical (unpaired) electrons. The summed E-state index contributed by atoms with van der Waals surface area (Å²) in [4.78, 5) is 18.7. The van der Waals surface area contributed by atoms with Crippen molar-refractivity contribution in [1.29, 1.82) is 0 Å². The SMILES string of the molecule is CC(C)(C)CC(Nc1nc2ccccc2[nH]1)C(=O)O. The number of anilines is 1. The molecule has 19 heavy (non-hydrogen) atoms. The summed E-state index contributed by atoms with van der Waals surface area (Å²) in [7, 11) is 0. The molecule has 0 saturated carbocycles. The van der Waals surface area contributed by atoms with Crippen molar-refractivity contribution in [1.82, 2.24) is 9.97 Å². The van der Waals surface area contributed by atoms with Gasteiger partial charge in [-0.2, -0.15) is 0 Å². The van der Waals surface area contributed by atoms with Crippen molar-refractivity contribution in [2.24, 2.45) is 5.41 Å². The molecular weight excluding hydrogens is 242 g/mol. The molecule has 3 N–H and O–H groups in total. The molecule has 0 aliphatic carbocycles. The third-order valence-electron chi connectivity index (χ3n) is 2.81. The zero-order valence-electron chi connectivity index (χ0n) is 11.4. The molecule has 0 aliphatic rings. The third kappa shape index (κ3) is 3.47. The number of carbonyl (C=O) groups is 1. The summed E-state index contributed by atoms with van der Waals surface area (Å²) in [5.74, 6) is -0.367. The van der Waals surface area contributed by atoms with Crippen molar-refractivity contribution in [3.8, 4) is 0 Å². The van der Waals surface area contributed by atoms with Crippen LogP contribution in [0.2, 0.25) is 0 Å². The Balaban J connectivity index is 2.19. The van der Waals surface area contributed by atoms with Crippen LogP contribution in [-0.4, -0.2) is 27.1 Å². The second kappa shape index (κ2) is 4.91. The minimum absolute atomic E-state index is 0.0674. The van der Waals surface area contributed by atoms with Crippen LogP contribution in [0.4, 0.5) is 5.95 Å². The van der Waals surface area contributed by atoms with Crippen LogP contribution in [0.3, 0.4) is 0 Å². The van der Waals surface area contributed by atoms with Crippen molar-refractivity contribution < 1.29 is 9.90 Å². The lowest BCUT2D eigenvalue weighted by Crippen LogP contribution is -2.33. The van der Waals surface area contributed by atoms with E-state index in [1.165, 1.54) is 0 Å². The lowest BCUT2D eigenvalue weighted by atomic mass is 9.88. The Bertz CT molecular complexity index is 551. The lowest BCUT2D eigenvalue weighted by Gasteiger charge is -2.23. The van der Waals surface area contributed by atoms with E-state index in [-0.39, 0.29) is 5.41 Å². The second-order valence-electron chi connectivity index (χ2n) is 5.90. The summed E-state index contributed by atoms with van der Waals surface area (Å²) >= 11 is 0. The van der Waals surface area contributed by atoms with Gasteiger partial charge in [0.15, 0.2) is 0 Å². The molecule has 5 heteroatoms. The quantitative estimate of drug-likeness (QED) is 0.790. The van der Waals surface area contributed by atoms with Crippen LogP contribution >= 0.6 is 0 Å². The van der Waals surface area contributed by atoms with Crippen LogP contribution in [0.1, 0.15) is 27.2 Å². The number of carboxylic acid groups (broad SMARTS) is 1. The minimum Gasteiger partial charge on any atom is -0.480 e. The largest absolute Gasteiger partial charge is 0.480 e. The summed E-state index contributed by atoms with van der Waals surface area (Å²) in [6, 6.07) is 6.95. The van der Waals surface area contributed by atoms with Gasteiger partial charge in [0, 0.05) is 0 Å². The first kappa shape index (κ1) is 13.4. The monoisotopic (exact) mass is 261 g/mol. The Morgan fingerprint density at radius 1 is 1.42 bits per heavy atom. The second-order valence-corrected chi connectivity index (χ2v) is 5.90. The van der Waals surface area contributed by atoms with E-state index in [1.54, 1.807) is 0 Å². The number of rotatable bonds is 4. The first-order valence-electron chi connectivity index (χ1n) is 6.29. The first-order valence-corrected chi connectivity index (χ1v) is 6.29. The Labute approximate surface area is 112 Å². The maximum Gasteiger partial charge on any atom is 0.326 e. The van der Waals surface area contributed by atoms with E-state index in [1.807, 2.05) is 45.0 Å². The van der Waals surface area contributed by atoms with Crippen molar-refractivity contribution in [2.75, 3.05) is 5.32 Å². The predicted octanol–water partition coefficient (Wildman–Crippen LogP) is 2.86. The first-order chi connectivity index (χ1) is 8.85. The Hall–Kier alpha value is -2.04. The fraction of sp³-hybridized carbons (Fsp3) is 0.429. The standard InChI is InChI=1S/C14H19N3O2/c1-14(2,3)8-11(12(18)19)17-13-15-9-6-4-5-7-10(9)16-13/h4-7,11H,8H2,1-3H3,(H,18,19)(H2,15,16,17). The molecule has 0 fully saturated rings. The molecule has 2 rings (SSSR count). The van der Waals surface area contributed by atoms with Gasteiger partial charge in [-0.3, -0.25) is 0 Å². The number of H-pyrrole nitrogens is 1. The zero-order valence-corrected chi connectivity index (χ0v) is 11.4. The number of hydrogen-bond donors (Lipinski definition) is 3. The number of nitrogens with zero attached hydrogens (tertiary/aromatic N) is 1. The Kier molecular flexibility index (Phi) is 3.46. The van der Waals surface area contributed by atoms with Gasteiger partial charge >= 0.3 is 5.97 Å². The van der Waals surface area contributed by atoms with Gasteiger partial charge in [-0.05, 0) is 24.0 Å². The van der Waals surface area contributed by atoms with Crippen LogP contribution in [0.5, 0.6) is 0 Å². The highest BCUT2D eigenvalue weighted by Crippen LogP contribution is 2.23. The molecule has 0 bridgehead atoms. The fourth-order valence-electron chi connectivity index (χ4n) is 2.00. The molecule has 0 aliphatic heterocycles. The normalized spacial score (nSPS) is 13.4. The molecule has 0 amide bonds. The molecule has 2 aromatic rings. The highest BCUT2D eigenvalue weighted by Gasteiger charge is 2.25. The van der Waals surface area contributed by atoms with Crippen molar-refractivity contribution in [3.05, 3.63) is 24.3 Å². The average molecular weight is 261 g/mol. The van der Waals surface area contributed by atoms with E-state index in [4.69, 9.17) is 0 Å². The third-order valence-corrected chi connectivity index (χ3v) is 2.81. The number of fused-ring (bicyclic) bond motifs is 1. The average Bonchev–Trinajstić information content (AvgIpc) is 2.68. The van der Waals surface area contributed by atoms with Crippen LogP contribution in [-0.2, 0) is 4.79 Å². The molecule has 102 valence electrons. The van der Waals surface area contributed by atoms with Crippen molar-refractivity contribution in [2.45, 2.75) is 33.2 Å². The smallest absolute Gasteiger partial charge is 0.326 e. The van der Waals surface area contributed by atoms with Gasteiger partial charge in [-0.15, -0.1) is 0 Å². The number of aliphatic carboxylic acids is 1. The summed E-state index contributed by atoms with van der Waals surface area (Å²) in [6.07, 6.45) is 0.527. The van der Waals surface area contributed by atoms with E-state index in [0.717, 1.165) is 11.0 Å². The Morgan fingerprint density at radius 3 is 2.68 bits per heavy atom. The number of carboxylic acids is 1. The number of hydrogen-bond acceptors (Lipinski definition) is 3. The van der Waals surface area contributed by atoms with E-state index < -0.39 is 12.0 Å². The van der Waals surface area contributed by atoms with Gasteiger partial charge in [0.2, 0.25) is 5.95 Å². The molecule has 1 unspecified atom stereocenters. The summed E-state index contributed by atoms with van der Waals surface area (Å²) in [5.41, 5.74) is 1.65. The van der Waals surface area contributed by atoms with Crippen LogP contribution in [0, 0.1) is 5.41 Å². The van der Waals surface area contributed by atoms with E-state index >= 15 is 0 Å². The van der Waals surface area contributed by atoms with Gasteiger partial charge in [-0.25, -0.2) is 9.78 Å². The fourth-order valence-corrected chi connectivity index (χ4v) is 2.00. The molecule has 1 atom stereocenters. The highest BCUT2D eigenvalue weighted by molar-refractivity contribution is 5.80. The molecule has 5 nitrogen and oxygen atoms in total. The Morgan fingerprint density at radius 2 is 2.11 bits per heavy atom. The minimum atomic E-state index is -0.865. The molecule has 0 saturated heterocycles. The maximum absolute atomic E-state index is 11.3. The number of benzene rings is 1. The van der Waals surface area contributed by atoms with E-state index in [9.17, 15) is 9.90 Å². The molecule has 1 aromatic heterocycles. The van der Waals surface area contributed by atoms with Crippen LogP contribution in [0.25, 0.3) is 11.0 Å². The summed E-state index contributed by atoms with van der Waals surface area (Å²) < 4.78 is 0. The zero-order chi connectivity index (χ0) is 14.0.